The van der Waals surface area contributed by atoms with Crippen molar-refractivity contribution in [2.45, 2.75) is 19.2 Å². The number of amides is 2. The van der Waals surface area contributed by atoms with E-state index in [-0.39, 0.29) is 40.6 Å². The van der Waals surface area contributed by atoms with Crippen LogP contribution in [0.3, 0.4) is 0 Å². The molecule has 0 saturated carbocycles. The van der Waals surface area contributed by atoms with Crippen LogP contribution in [0.2, 0.25) is 0 Å². The first-order chi connectivity index (χ1) is 16.8. The Hall–Kier alpha value is -3.31. The van der Waals surface area contributed by atoms with E-state index in [0.717, 1.165) is 11.3 Å². The third-order valence-corrected chi connectivity index (χ3v) is 8.02. The van der Waals surface area contributed by atoms with Gasteiger partial charge >= 0.3 is 0 Å². The summed E-state index contributed by atoms with van der Waals surface area (Å²) in [6.07, 6.45) is 3.27. The second-order valence-electron chi connectivity index (χ2n) is 8.07. The quantitative estimate of drug-likeness (QED) is 0.431. The standard InChI is InChI=1S/C24H21F2N5O2S2/c1-13-6-7-15(20(26)19(13)25)22-21(29-14(2)35-22)24(33)31-9-10-34-18(31)12-28-23(32)16-11-27-17-5-3-4-8-30(16)17/h3-8,11,18H,9-10,12H2,1-2H3,(H,28,32). The number of hydrogen-bond donors (Lipinski definition) is 1. The highest BCUT2D eigenvalue weighted by molar-refractivity contribution is 8.00. The number of thiazole rings is 1. The number of imidazole rings is 1. The van der Waals surface area contributed by atoms with Gasteiger partial charge in [-0.3, -0.25) is 14.0 Å². The average Bonchev–Trinajstić information content (AvgIpc) is 3.59. The van der Waals surface area contributed by atoms with Gasteiger partial charge in [0.2, 0.25) is 0 Å². The summed E-state index contributed by atoms with van der Waals surface area (Å²) < 4.78 is 30.7. The molecule has 1 aliphatic heterocycles. The van der Waals surface area contributed by atoms with Gasteiger partial charge in [0.05, 0.1) is 21.5 Å². The third-order valence-electron chi connectivity index (χ3n) is 5.79. The number of aromatic nitrogens is 3. The molecule has 180 valence electrons. The van der Waals surface area contributed by atoms with Crippen LogP contribution in [0.5, 0.6) is 0 Å². The number of nitrogens with one attached hydrogen (secondary N) is 1. The van der Waals surface area contributed by atoms with Crippen LogP contribution in [0.25, 0.3) is 16.1 Å². The van der Waals surface area contributed by atoms with E-state index in [1.165, 1.54) is 25.3 Å². The Labute approximate surface area is 208 Å². The lowest BCUT2D eigenvalue weighted by molar-refractivity contribution is 0.0746. The van der Waals surface area contributed by atoms with Crippen LogP contribution in [0, 0.1) is 25.5 Å². The molecule has 1 N–H and O–H groups in total. The number of halogens is 2. The van der Waals surface area contributed by atoms with Crippen molar-refractivity contribution in [3.8, 4) is 10.4 Å². The lowest BCUT2D eigenvalue weighted by atomic mass is 10.1. The Morgan fingerprint density at radius 2 is 2.00 bits per heavy atom. The van der Waals surface area contributed by atoms with Gasteiger partial charge in [-0.05, 0) is 31.5 Å². The molecule has 1 aliphatic rings. The van der Waals surface area contributed by atoms with Crippen LogP contribution in [0.1, 0.15) is 31.5 Å². The first-order valence-corrected chi connectivity index (χ1v) is 12.8. The minimum atomic E-state index is -0.990. The SMILES string of the molecule is Cc1nc(C(=O)N2CCSC2CNC(=O)c2cnc3ccccn23)c(-c2ccc(C)c(F)c2F)s1. The number of carbonyl (C=O) groups excluding carboxylic acids is 2. The van der Waals surface area contributed by atoms with Gasteiger partial charge in [0, 0.05) is 30.6 Å². The molecule has 1 fully saturated rings. The fraction of sp³-hybridized carbons (Fsp3) is 0.250. The van der Waals surface area contributed by atoms with Crippen molar-refractivity contribution in [1.82, 2.24) is 24.6 Å². The van der Waals surface area contributed by atoms with Crippen molar-refractivity contribution in [1.29, 1.82) is 0 Å². The predicted molar refractivity (Wildman–Crippen MR) is 132 cm³/mol. The number of aryl methyl sites for hydroxylation is 2. The molecule has 1 aromatic carbocycles. The van der Waals surface area contributed by atoms with E-state index in [9.17, 15) is 18.4 Å². The second kappa shape index (κ2) is 9.38. The lowest BCUT2D eigenvalue weighted by Crippen LogP contribution is -2.42. The van der Waals surface area contributed by atoms with Crippen molar-refractivity contribution in [3.05, 3.63) is 76.3 Å². The molecule has 1 atom stereocenters. The van der Waals surface area contributed by atoms with Crippen LogP contribution in [0.15, 0.2) is 42.7 Å². The summed E-state index contributed by atoms with van der Waals surface area (Å²) in [4.78, 5) is 36.8. The van der Waals surface area contributed by atoms with Crippen LogP contribution in [0.4, 0.5) is 8.78 Å². The van der Waals surface area contributed by atoms with Crippen molar-refractivity contribution in [2.24, 2.45) is 0 Å². The largest absolute Gasteiger partial charge is 0.348 e. The smallest absolute Gasteiger partial charge is 0.274 e. The van der Waals surface area contributed by atoms with E-state index >= 15 is 0 Å². The van der Waals surface area contributed by atoms with Gasteiger partial charge in [-0.1, -0.05) is 18.2 Å². The summed E-state index contributed by atoms with van der Waals surface area (Å²) >= 11 is 2.69. The van der Waals surface area contributed by atoms with Gasteiger partial charge in [-0.25, -0.2) is 18.7 Å². The monoisotopic (exact) mass is 513 g/mol. The number of fused-ring (bicyclic) bond motifs is 1. The molecule has 0 radical (unpaired) electrons. The summed E-state index contributed by atoms with van der Waals surface area (Å²) in [5.74, 6) is -1.91. The van der Waals surface area contributed by atoms with Crippen LogP contribution >= 0.6 is 23.1 Å². The number of thioether (sulfide) groups is 1. The number of pyridine rings is 1. The van der Waals surface area contributed by atoms with E-state index in [1.807, 2.05) is 12.1 Å². The normalized spacial score (nSPS) is 15.7. The molecule has 11 heteroatoms. The molecule has 7 nitrogen and oxygen atoms in total. The highest BCUT2D eigenvalue weighted by Crippen LogP contribution is 2.36. The van der Waals surface area contributed by atoms with E-state index < -0.39 is 11.6 Å². The zero-order valence-corrected chi connectivity index (χ0v) is 20.6. The lowest BCUT2D eigenvalue weighted by Gasteiger charge is -2.23. The maximum atomic E-state index is 14.7. The molecule has 5 rings (SSSR count). The molecule has 4 aromatic rings. The molecule has 2 amide bonds. The highest BCUT2D eigenvalue weighted by Gasteiger charge is 2.34. The first kappa shape index (κ1) is 23.4. The maximum Gasteiger partial charge on any atom is 0.274 e. The summed E-state index contributed by atoms with van der Waals surface area (Å²) in [6, 6.07) is 8.42. The molecular weight excluding hydrogens is 492 g/mol. The molecule has 0 bridgehead atoms. The number of rotatable bonds is 5. The predicted octanol–water partition coefficient (Wildman–Crippen LogP) is 4.30. The summed E-state index contributed by atoms with van der Waals surface area (Å²) in [5, 5.41) is 3.15. The Morgan fingerprint density at radius 1 is 1.17 bits per heavy atom. The molecule has 0 aliphatic carbocycles. The van der Waals surface area contributed by atoms with Crippen LogP contribution < -0.4 is 5.32 Å². The zero-order chi connectivity index (χ0) is 24.7. The molecule has 0 spiro atoms. The van der Waals surface area contributed by atoms with E-state index in [2.05, 4.69) is 15.3 Å². The fourth-order valence-corrected chi connectivity index (χ4v) is 6.09. The molecule has 1 saturated heterocycles. The van der Waals surface area contributed by atoms with Gasteiger partial charge in [-0.2, -0.15) is 0 Å². The van der Waals surface area contributed by atoms with Crippen LogP contribution in [-0.4, -0.2) is 55.3 Å². The van der Waals surface area contributed by atoms with E-state index in [0.29, 0.717) is 33.5 Å². The molecule has 3 aromatic heterocycles. The van der Waals surface area contributed by atoms with E-state index in [1.54, 1.807) is 40.2 Å². The number of benzene rings is 1. The molecule has 35 heavy (non-hydrogen) atoms. The average molecular weight is 514 g/mol. The summed E-state index contributed by atoms with van der Waals surface area (Å²) in [6.45, 7) is 3.89. The van der Waals surface area contributed by atoms with E-state index in [4.69, 9.17) is 0 Å². The number of nitrogens with zero attached hydrogens (tertiary/aromatic N) is 4. The van der Waals surface area contributed by atoms with Gasteiger partial charge in [0.15, 0.2) is 11.6 Å². The highest BCUT2D eigenvalue weighted by atomic mass is 32.2. The Morgan fingerprint density at radius 3 is 2.83 bits per heavy atom. The summed E-state index contributed by atoms with van der Waals surface area (Å²) in [5.41, 5.74) is 1.37. The minimum Gasteiger partial charge on any atom is -0.348 e. The van der Waals surface area contributed by atoms with Gasteiger partial charge < -0.3 is 10.2 Å². The Kier molecular flexibility index (Phi) is 6.28. The minimum absolute atomic E-state index is 0.0198. The topological polar surface area (TPSA) is 79.6 Å². The van der Waals surface area contributed by atoms with Crippen molar-refractivity contribution in [2.75, 3.05) is 18.8 Å². The number of hydrogen-bond acceptors (Lipinski definition) is 6. The van der Waals surface area contributed by atoms with Crippen molar-refractivity contribution < 1.29 is 18.4 Å². The molecule has 4 heterocycles. The van der Waals surface area contributed by atoms with Gasteiger partial charge in [0.25, 0.3) is 11.8 Å². The summed E-state index contributed by atoms with van der Waals surface area (Å²) in [7, 11) is 0. The molecule has 1 unspecified atom stereocenters. The Balaban J connectivity index is 1.36. The molecular formula is C24H21F2N5O2S2. The van der Waals surface area contributed by atoms with Gasteiger partial charge in [0.1, 0.15) is 17.0 Å². The van der Waals surface area contributed by atoms with Crippen molar-refractivity contribution >= 4 is 40.6 Å². The second-order valence-corrected chi connectivity index (χ2v) is 10.6. The van der Waals surface area contributed by atoms with Gasteiger partial charge in [-0.15, -0.1) is 23.1 Å². The van der Waals surface area contributed by atoms with Crippen molar-refractivity contribution in [3.63, 3.8) is 0 Å². The fourth-order valence-electron chi connectivity index (χ4n) is 4.01. The zero-order valence-electron chi connectivity index (χ0n) is 18.9. The Bertz CT molecular complexity index is 1450. The third kappa shape index (κ3) is 4.30. The number of carbonyl (C=O) groups is 2. The first-order valence-electron chi connectivity index (χ1n) is 10.9. The van der Waals surface area contributed by atoms with Crippen LogP contribution in [-0.2, 0) is 0 Å². The maximum absolute atomic E-state index is 14.7.